The van der Waals surface area contributed by atoms with Gasteiger partial charge in [-0.1, -0.05) is 23.7 Å². The number of aromatic nitrogens is 2. The summed E-state index contributed by atoms with van der Waals surface area (Å²) >= 11 is 7.05. The molecular weight excluding hydrogens is 415 g/mol. The number of thiazole rings is 1. The van der Waals surface area contributed by atoms with Crippen LogP contribution in [0.15, 0.2) is 41.3 Å². The second-order valence-electron chi connectivity index (χ2n) is 6.21. The number of alkyl halides is 3. The lowest BCUT2D eigenvalue weighted by Gasteiger charge is -2.24. The molecular formula is C18H15ClF3N3O2S. The minimum Gasteiger partial charge on any atom is -0.335 e. The molecule has 2 heterocycles. The van der Waals surface area contributed by atoms with Crippen LogP contribution in [0.4, 0.5) is 13.2 Å². The summed E-state index contributed by atoms with van der Waals surface area (Å²) in [6.07, 6.45) is -4.08. The van der Waals surface area contributed by atoms with Crippen molar-refractivity contribution in [1.82, 2.24) is 14.5 Å². The van der Waals surface area contributed by atoms with Crippen molar-refractivity contribution in [2.24, 2.45) is 0 Å². The van der Waals surface area contributed by atoms with Crippen LogP contribution in [-0.4, -0.2) is 27.4 Å². The number of carbonyl (C=O) groups excluding carboxylic acids is 1. The molecule has 0 bridgehead atoms. The Labute approximate surface area is 167 Å². The lowest BCUT2D eigenvalue weighted by molar-refractivity contribution is -0.138. The normalized spacial score (nSPS) is 12.9. The van der Waals surface area contributed by atoms with Gasteiger partial charge in [0.15, 0.2) is 0 Å². The lowest BCUT2D eigenvalue weighted by Crippen LogP contribution is -2.36. The summed E-state index contributed by atoms with van der Waals surface area (Å²) < 4.78 is 40.5. The topological polar surface area (TPSA) is 55.2 Å². The molecule has 3 aromatic rings. The summed E-state index contributed by atoms with van der Waals surface area (Å²) in [6, 6.07) is 7.65. The van der Waals surface area contributed by atoms with E-state index in [4.69, 9.17) is 11.6 Å². The van der Waals surface area contributed by atoms with E-state index in [1.54, 1.807) is 6.92 Å². The molecule has 1 atom stereocenters. The summed E-state index contributed by atoms with van der Waals surface area (Å²) in [7, 11) is 1.51. The highest BCUT2D eigenvalue weighted by Crippen LogP contribution is 2.30. The molecule has 0 aliphatic heterocycles. The van der Waals surface area contributed by atoms with Crippen LogP contribution in [0.25, 0.3) is 10.2 Å². The lowest BCUT2D eigenvalue weighted by atomic mass is 10.2. The molecule has 0 unspecified atom stereocenters. The number of carbonyl (C=O) groups is 1. The van der Waals surface area contributed by atoms with Crippen LogP contribution in [0, 0.1) is 0 Å². The van der Waals surface area contributed by atoms with E-state index < -0.39 is 40.8 Å². The molecule has 3 rings (SSSR count). The number of hydrogen-bond donors (Lipinski definition) is 0. The average molecular weight is 430 g/mol. The number of amides is 1. The van der Waals surface area contributed by atoms with E-state index >= 15 is 0 Å². The number of fused-ring (bicyclic) bond motifs is 1. The van der Waals surface area contributed by atoms with E-state index in [9.17, 15) is 22.8 Å². The van der Waals surface area contributed by atoms with Crippen molar-refractivity contribution in [3.8, 4) is 0 Å². The van der Waals surface area contributed by atoms with E-state index in [1.807, 2.05) is 24.3 Å². The van der Waals surface area contributed by atoms with Gasteiger partial charge in [-0.05, 0) is 25.1 Å². The number of halogens is 4. The molecule has 0 N–H and O–H groups in total. The predicted octanol–water partition coefficient (Wildman–Crippen LogP) is 4.35. The molecule has 28 heavy (non-hydrogen) atoms. The maximum Gasteiger partial charge on any atom is 0.417 e. The summed E-state index contributed by atoms with van der Waals surface area (Å²) in [5.74, 6) is -0.538. The molecule has 0 spiro atoms. The highest BCUT2D eigenvalue weighted by molar-refractivity contribution is 7.18. The smallest absolute Gasteiger partial charge is 0.335 e. The molecule has 0 saturated carbocycles. The SMILES string of the molecule is C[C@H](c1nc2ccccc2s1)N(C)C(=O)Cn1cc(C(F)(F)F)cc(Cl)c1=O. The molecule has 2 aromatic heterocycles. The first-order valence-corrected chi connectivity index (χ1v) is 9.35. The largest absolute Gasteiger partial charge is 0.417 e. The number of likely N-dealkylation sites (N-methyl/N-ethyl adjacent to an activating group) is 1. The van der Waals surface area contributed by atoms with E-state index in [1.165, 1.54) is 23.3 Å². The first-order valence-electron chi connectivity index (χ1n) is 8.16. The van der Waals surface area contributed by atoms with E-state index in [0.29, 0.717) is 21.8 Å². The van der Waals surface area contributed by atoms with Crippen LogP contribution in [-0.2, 0) is 17.5 Å². The van der Waals surface area contributed by atoms with E-state index in [2.05, 4.69) is 4.98 Å². The Morgan fingerprint density at radius 2 is 2.04 bits per heavy atom. The number of hydrogen-bond acceptors (Lipinski definition) is 4. The van der Waals surface area contributed by atoms with Gasteiger partial charge in [-0.3, -0.25) is 9.59 Å². The summed E-state index contributed by atoms with van der Waals surface area (Å²) in [4.78, 5) is 30.5. The Bertz CT molecular complexity index is 1060. The third kappa shape index (κ3) is 4.05. The van der Waals surface area contributed by atoms with Crippen LogP contribution in [0.3, 0.4) is 0 Å². The maximum atomic E-state index is 13.0. The quantitative estimate of drug-likeness (QED) is 0.619. The van der Waals surface area contributed by atoms with E-state index in [0.717, 1.165) is 10.2 Å². The molecule has 5 nitrogen and oxygen atoms in total. The number of benzene rings is 1. The predicted molar refractivity (Wildman–Crippen MR) is 102 cm³/mol. The Morgan fingerprint density at radius 1 is 1.36 bits per heavy atom. The minimum atomic E-state index is -4.68. The van der Waals surface area contributed by atoms with Crippen LogP contribution in [0.1, 0.15) is 23.5 Å². The van der Waals surface area contributed by atoms with Crippen molar-refractivity contribution in [2.45, 2.75) is 25.7 Å². The summed E-state index contributed by atoms with van der Waals surface area (Å²) in [5, 5.41) is 0.0935. The van der Waals surface area contributed by atoms with Gasteiger partial charge >= 0.3 is 6.18 Å². The third-order valence-corrected chi connectivity index (χ3v) is 5.79. The molecule has 0 saturated heterocycles. The summed E-state index contributed by atoms with van der Waals surface area (Å²) in [6.45, 7) is 1.20. The molecule has 0 radical (unpaired) electrons. The van der Waals surface area contributed by atoms with Gasteiger partial charge in [0.1, 0.15) is 16.6 Å². The molecule has 1 amide bonds. The van der Waals surface area contributed by atoms with Gasteiger partial charge in [-0.25, -0.2) is 4.98 Å². The van der Waals surface area contributed by atoms with Gasteiger partial charge in [-0.2, -0.15) is 13.2 Å². The zero-order valence-corrected chi connectivity index (χ0v) is 16.4. The van der Waals surface area contributed by atoms with Gasteiger partial charge in [0.2, 0.25) is 5.91 Å². The molecule has 1 aromatic carbocycles. The van der Waals surface area contributed by atoms with Gasteiger partial charge in [0.25, 0.3) is 5.56 Å². The van der Waals surface area contributed by atoms with Crippen LogP contribution in [0.2, 0.25) is 5.02 Å². The highest BCUT2D eigenvalue weighted by Gasteiger charge is 2.32. The first-order chi connectivity index (χ1) is 13.1. The monoisotopic (exact) mass is 429 g/mol. The number of pyridine rings is 1. The highest BCUT2D eigenvalue weighted by atomic mass is 35.5. The standard InChI is InChI=1S/C18H15ClF3N3O2S/c1-10(16-23-13-5-3-4-6-14(13)28-16)24(2)15(26)9-25-8-11(18(20,21)22)7-12(19)17(25)27/h3-8,10H,9H2,1-2H3/t10-/m1/s1. The molecule has 10 heteroatoms. The summed E-state index contributed by atoms with van der Waals surface area (Å²) in [5.41, 5.74) is -1.15. The van der Waals surface area contributed by atoms with Gasteiger partial charge in [0, 0.05) is 13.2 Å². The Kier molecular flexibility index (Phi) is 5.49. The van der Waals surface area contributed by atoms with Crippen molar-refractivity contribution in [2.75, 3.05) is 7.05 Å². The van der Waals surface area contributed by atoms with Crippen molar-refractivity contribution in [1.29, 1.82) is 0 Å². The van der Waals surface area contributed by atoms with Gasteiger partial charge < -0.3 is 9.47 Å². The fraction of sp³-hybridized carbons (Fsp3) is 0.278. The van der Waals surface area contributed by atoms with Crippen molar-refractivity contribution in [3.63, 3.8) is 0 Å². The maximum absolute atomic E-state index is 13.0. The Balaban J connectivity index is 1.84. The molecule has 0 fully saturated rings. The van der Waals surface area contributed by atoms with Crippen molar-refractivity contribution in [3.05, 3.63) is 62.5 Å². The average Bonchev–Trinajstić information content (AvgIpc) is 3.07. The second-order valence-corrected chi connectivity index (χ2v) is 7.68. The number of nitrogens with zero attached hydrogens (tertiary/aromatic N) is 3. The van der Waals surface area contributed by atoms with Gasteiger partial charge in [0.05, 0.1) is 21.8 Å². The molecule has 0 aliphatic carbocycles. The van der Waals surface area contributed by atoms with Crippen LogP contribution < -0.4 is 5.56 Å². The minimum absolute atomic E-state index is 0.415. The Hall–Kier alpha value is -2.39. The van der Waals surface area contributed by atoms with Crippen LogP contribution >= 0.6 is 22.9 Å². The zero-order valence-electron chi connectivity index (χ0n) is 14.8. The van der Waals surface area contributed by atoms with E-state index in [-0.39, 0.29) is 0 Å². The van der Waals surface area contributed by atoms with Crippen molar-refractivity contribution >= 4 is 39.1 Å². The fourth-order valence-corrected chi connectivity index (χ4v) is 3.87. The van der Waals surface area contributed by atoms with Crippen molar-refractivity contribution < 1.29 is 18.0 Å². The number of rotatable bonds is 4. The number of para-hydroxylation sites is 1. The Morgan fingerprint density at radius 3 is 2.68 bits per heavy atom. The fourth-order valence-electron chi connectivity index (χ4n) is 2.58. The molecule has 148 valence electrons. The van der Waals surface area contributed by atoms with Gasteiger partial charge in [-0.15, -0.1) is 11.3 Å². The third-order valence-electron chi connectivity index (χ3n) is 4.32. The second kappa shape index (κ2) is 7.56. The van der Waals surface area contributed by atoms with Crippen LogP contribution in [0.5, 0.6) is 0 Å². The first kappa shape index (κ1) is 20.3. The zero-order chi connectivity index (χ0) is 20.6. The molecule has 0 aliphatic rings.